The molecular formula is C15H11ClN2O2S2. The lowest BCUT2D eigenvalue weighted by Gasteiger charge is -1.97. The SMILES string of the molecule is O=C(/C=C/c1ccc(Cl)s1)NCc1coc(-c2cccs2)n1. The van der Waals surface area contributed by atoms with E-state index in [9.17, 15) is 4.79 Å². The van der Waals surface area contributed by atoms with Crippen LogP contribution in [-0.2, 0) is 11.3 Å². The minimum Gasteiger partial charge on any atom is -0.443 e. The maximum absolute atomic E-state index is 11.7. The average molecular weight is 351 g/mol. The van der Waals surface area contributed by atoms with Crippen LogP contribution in [0.25, 0.3) is 16.8 Å². The van der Waals surface area contributed by atoms with Gasteiger partial charge in [0, 0.05) is 11.0 Å². The van der Waals surface area contributed by atoms with E-state index < -0.39 is 0 Å². The van der Waals surface area contributed by atoms with E-state index in [0.29, 0.717) is 22.5 Å². The van der Waals surface area contributed by atoms with Crippen LogP contribution in [0.5, 0.6) is 0 Å². The summed E-state index contributed by atoms with van der Waals surface area (Å²) in [5, 5.41) is 4.72. The van der Waals surface area contributed by atoms with Crippen LogP contribution >= 0.6 is 34.3 Å². The van der Waals surface area contributed by atoms with Crippen molar-refractivity contribution in [1.82, 2.24) is 10.3 Å². The zero-order valence-electron chi connectivity index (χ0n) is 11.3. The first-order valence-electron chi connectivity index (χ1n) is 6.40. The summed E-state index contributed by atoms with van der Waals surface area (Å²) in [5.74, 6) is 0.383. The van der Waals surface area contributed by atoms with Crippen molar-refractivity contribution in [3.8, 4) is 10.8 Å². The number of hydrogen-bond donors (Lipinski definition) is 1. The number of oxazole rings is 1. The standard InChI is InChI=1S/C15H11ClN2O2S2/c16-13-5-3-11(22-13)4-6-14(19)17-8-10-9-20-15(18-10)12-2-1-7-21-12/h1-7,9H,8H2,(H,17,19)/b6-4+. The highest BCUT2D eigenvalue weighted by Crippen LogP contribution is 2.24. The van der Waals surface area contributed by atoms with Crippen molar-refractivity contribution in [1.29, 1.82) is 0 Å². The molecule has 1 amide bonds. The first kappa shape index (κ1) is 15.0. The number of aromatic nitrogens is 1. The summed E-state index contributed by atoms with van der Waals surface area (Å²) < 4.78 is 6.09. The normalized spacial score (nSPS) is 11.1. The summed E-state index contributed by atoms with van der Waals surface area (Å²) in [6.07, 6.45) is 4.76. The molecule has 0 aliphatic rings. The molecule has 3 aromatic heterocycles. The number of rotatable bonds is 5. The summed E-state index contributed by atoms with van der Waals surface area (Å²) in [6, 6.07) is 7.54. The highest BCUT2D eigenvalue weighted by Gasteiger charge is 2.07. The zero-order valence-corrected chi connectivity index (χ0v) is 13.7. The average Bonchev–Trinajstić information content (AvgIpc) is 3.23. The Morgan fingerprint density at radius 3 is 3.05 bits per heavy atom. The Balaban J connectivity index is 1.54. The van der Waals surface area contributed by atoms with E-state index in [4.69, 9.17) is 16.0 Å². The molecule has 4 nitrogen and oxygen atoms in total. The molecule has 7 heteroatoms. The lowest BCUT2D eigenvalue weighted by Crippen LogP contribution is -2.20. The number of amides is 1. The van der Waals surface area contributed by atoms with Crippen LogP contribution < -0.4 is 5.32 Å². The Labute approximate surface area is 140 Å². The first-order valence-corrected chi connectivity index (χ1v) is 8.47. The number of nitrogens with one attached hydrogen (secondary N) is 1. The Bertz CT molecular complexity index is 790. The lowest BCUT2D eigenvalue weighted by atomic mass is 10.4. The molecule has 0 atom stereocenters. The Kier molecular flexibility index (Phi) is 4.72. The molecule has 22 heavy (non-hydrogen) atoms. The third-order valence-electron chi connectivity index (χ3n) is 2.72. The molecule has 0 aliphatic heterocycles. The van der Waals surface area contributed by atoms with Gasteiger partial charge in [0.25, 0.3) is 0 Å². The summed E-state index contributed by atoms with van der Waals surface area (Å²) in [4.78, 5) is 18.0. The molecule has 0 radical (unpaired) electrons. The van der Waals surface area contributed by atoms with Gasteiger partial charge in [-0.2, -0.15) is 0 Å². The fourth-order valence-electron chi connectivity index (χ4n) is 1.71. The fourth-order valence-corrected chi connectivity index (χ4v) is 3.33. The topological polar surface area (TPSA) is 55.1 Å². The van der Waals surface area contributed by atoms with Crippen molar-refractivity contribution < 1.29 is 9.21 Å². The molecule has 0 spiro atoms. The highest BCUT2D eigenvalue weighted by atomic mass is 35.5. The third kappa shape index (κ3) is 3.85. The van der Waals surface area contributed by atoms with E-state index in [-0.39, 0.29) is 5.91 Å². The van der Waals surface area contributed by atoms with Gasteiger partial charge >= 0.3 is 0 Å². The van der Waals surface area contributed by atoms with E-state index >= 15 is 0 Å². The van der Waals surface area contributed by atoms with Gasteiger partial charge < -0.3 is 9.73 Å². The molecule has 0 saturated heterocycles. The van der Waals surface area contributed by atoms with Crippen LogP contribution in [0.15, 0.2) is 46.4 Å². The van der Waals surface area contributed by atoms with Gasteiger partial charge in [0.05, 0.1) is 21.5 Å². The maximum atomic E-state index is 11.7. The molecule has 3 rings (SSSR count). The predicted molar refractivity (Wildman–Crippen MR) is 90.0 cm³/mol. The molecule has 0 unspecified atom stereocenters. The van der Waals surface area contributed by atoms with Crippen LogP contribution in [0, 0.1) is 0 Å². The molecule has 3 aromatic rings. The Morgan fingerprint density at radius 2 is 2.32 bits per heavy atom. The molecule has 0 aliphatic carbocycles. The molecule has 1 N–H and O–H groups in total. The second-order valence-electron chi connectivity index (χ2n) is 4.31. The summed E-state index contributed by atoms with van der Waals surface area (Å²) in [7, 11) is 0. The van der Waals surface area contributed by atoms with Crippen LogP contribution in [0.4, 0.5) is 0 Å². The van der Waals surface area contributed by atoms with Crippen molar-refractivity contribution in [2.24, 2.45) is 0 Å². The second kappa shape index (κ2) is 6.91. The van der Waals surface area contributed by atoms with Gasteiger partial charge in [0.1, 0.15) is 6.26 Å². The van der Waals surface area contributed by atoms with Gasteiger partial charge in [-0.3, -0.25) is 4.79 Å². The number of halogens is 1. The van der Waals surface area contributed by atoms with Crippen molar-refractivity contribution in [3.05, 3.63) is 56.9 Å². The van der Waals surface area contributed by atoms with E-state index in [1.54, 1.807) is 29.7 Å². The third-order valence-corrected chi connectivity index (χ3v) is 4.77. The van der Waals surface area contributed by atoms with Crippen molar-refractivity contribution in [2.75, 3.05) is 0 Å². The lowest BCUT2D eigenvalue weighted by molar-refractivity contribution is -0.116. The summed E-state index contributed by atoms with van der Waals surface area (Å²) in [6.45, 7) is 0.323. The summed E-state index contributed by atoms with van der Waals surface area (Å²) in [5.41, 5.74) is 0.685. The Morgan fingerprint density at radius 1 is 1.41 bits per heavy atom. The van der Waals surface area contributed by atoms with Crippen LogP contribution in [0.2, 0.25) is 4.34 Å². The van der Waals surface area contributed by atoms with Crippen LogP contribution in [0.3, 0.4) is 0 Å². The van der Waals surface area contributed by atoms with E-state index in [1.807, 2.05) is 23.6 Å². The van der Waals surface area contributed by atoms with E-state index in [2.05, 4.69) is 10.3 Å². The quantitative estimate of drug-likeness (QED) is 0.692. The van der Waals surface area contributed by atoms with Gasteiger partial charge in [-0.25, -0.2) is 4.98 Å². The van der Waals surface area contributed by atoms with Gasteiger partial charge in [-0.05, 0) is 29.7 Å². The molecule has 3 heterocycles. The number of thiophene rings is 2. The van der Waals surface area contributed by atoms with Crippen molar-refractivity contribution in [2.45, 2.75) is 6.54 Å². The molecule has 0 saturated carbocycles. The maximum Gasteiger partial charge on any atom is 0.244 e. The van der Waals surface area contributed by atoms with Crippen LogP contribution in [0.1, 0.15) is 10.6 Å². The zero-order chi connectivity index (χ0) is 15.4. The fraction of sp³-hybridized carbons (Fsp3) is 0.0667. The van der Waals surface area contributed by atoms with E-state index in [0.717, 1.165) is 9.75 Å². The monoisotopic (exact) mass is 350 g/mol. The minimum atomic E-state index is -0.190. The van der Waals surface area contributed by atoms with Crippen molar-refractivity contribution >= 4 is 46.3 Å². The molecular weight excluding hydrogens is 340 g/mol. The second-order valence-corrected chi connectivity index (χ2v) is 7.01. The van der Waals surface area contributed by atoms with Crippen molar-refractivity contribution in [3.63, 3.8) is 0 Å². The molecule has 0 aromatic carbocycles. The minimum absolute atomic E-state index is 0.190. The number of nitrogens with zero attached hydrogens (tertiary/aromatic N) is 1. The summed E-state index contributed by atoms with van der Waals surface area (Å²) >= 11 is 8.80. The van der Waals surface area contributed by atoms with Gasteiger partial charge in [0.2, 0.25) is 11.8 Å². The van der Waals surface area contributed by atoms with Gasteiger partial charge in [-0.15, -0.1) is 22.7 Å². The molecule has 0 bridgehead atoms. The smallest absolute Gasteiger partial charge is 0.244 e. The van der Waals surface area contributed by atoms with Gasteiger partial charge in [-0.1, -0.05) is 17.7 Å². The van der Waals surface area contributed by atoms with Crippen LogP contribution in [-0.4, -0.2) is 10.9 Å². The van der Waals surface area contributed by atoms with E-state index in [1.165, 1.54) is 17.4 Å². The number of hydrogen-bond acceptors (Lipinski definition) is 5. The molecule has 0 fully saturated rings. The first-order chi connectivity index (χ1) is 10.7. The number of carbonyl (C=O) groups excluding carboxylic acids is 1. The largest absolute Gasteiger partial charge is 0.443 e. The Hall–Kier alpha value is -1.89. The molecule has 112 valence electrons. The van der Waals surface area contributed by atoms with Gasteiger partial charge in [0.15, 0.2) is 0 Å². The number of carbonyl (C=O) groups is 1. The predicted octanol–water partition coefficient (Wildman–Crippen LogP) is 4.45. The highest BCUT2D eigenvalue weighted by molar-refractivity contribution is 7.17.